The summed E-state index contributed by atoms with van der Waals surface area (Å²) in [4.78, 5) is 34.8. The molecule has 8 heteroatoms. The number of carboxylic acids is 1. The Bertz CT molecular complexity index is 576. The molecule has 1 atom stereocenters. The van der Waals surface area contributed by atoms with Gasteiger partial charge in [-0.2, -0.15) is 0 Å². The highest BCUT2D eigenvalue weighted by molar-refractivity contribution is 9.10. The van der Waals surface area contributed by atoms with Crippen LogP contribution in [0.2, 0.25) is 0 Å². The largest absolute Gasteiger partial charge is 0.480 e. The van der Waals surface area contributed by atoms with Gasteiger partial charge >= 0.3 is 5.97 Å². The fourth-order valence-electron chi connectivity index (χ4n) is 1.75. The third-order valence-corrected chi connectivity index (χ3v) is 3.75. The SMILES string of the molecule is CCC(C)N(CC(=O)O)C(=O)c1ccc(Br)c([N+](=O)[O-])c1. The average molecular weight is 359 g/mol. The summed E-state index contributed by atoms with van der Waals surface area (Å²) in [6.07, 6.45) is 0.581. The first kappa shape index (κ1) is 17.1. The van der Waals surface area contributed by atoms with E-state index >= 15 is 0 Å². The van der Waals surface area contributed by atoms with Crippen molar-refractivity contribution in [3.8, 4) is 0 Å². The first-order chi connectivity index (χ1) is 9.77. The molecule has 1 amide bonds. The third kappa shape index (κ3) is 4.25. The quantitative estimate of drug-likeness (QED) is 0.622. The minimum Gasteiger partial charge on any atom is -0.480 e. The Balaban J connectivity index is 3.17. The second-order valence-electron chi connectivity index (χ2n) is 4.51. The molecule has 0 aliphatic rings. The molecule has 21 heavy (non-hydrogen) atoms. The first-order valence-corrected chi connectivity index (χ1v) is 7.03. The predicted molar refractivity (Wildman–Crippen MR) is 79.2 cm³/mol. The van der Waals surface area contributed by atoms with E-state index in [1.807, 2.05) is 6.92 Å². The highest BCUT2D eigenvalue weighted by Gasteiger charge is 2.25. The number of carboxylic acid groups (broad SMARTS) is 1. The van der Waals surface area contributed by atoms with Crippen LogP contribution in [0.5, 0.6) is 0 Å². The smallest absolute Gasteiger partial charge is 0.323 e. The topological polar surface area (TPSA) is 101 Å². The molecule has 0 aliphatic heterocycles. The van der Waals surface area contributed by atoms with Gasteiger partial charge in [0.1, 0.15) is 6.54 Å². The minimum atomic E-state index is -1.13. The Labute approximate surface area is 129 Å². The highest BCUT2D eigenvalue weighted by atomic mass is 79.9. The Hall–Kier alpha value is -1.96. The van der Waals surface area contributed by atoms with E-state index < -0.39 is 23.3 Å². The lowest BCUT2D eigenvalue weighted by atomic mass is 10.1. The Morgan fingerprint density at radius 1 is 1.48 bits per heavy atom. The molecule has 1 N–H and O–H groups in total. The second kappa shape index (κ2) is 7.16. The molecule has 1 rings (SSSR count). The van der Waals surface area contributed by atoms with Gasteiger partial charge in [-0.15, -0.1) is 0 Å². The molecule has 0 spiro atoms. The molecule has 0 heterocycles. The fraction of sp³-hybridized carbons (Fsp3) is 0.385. The molecule has 0 aliphatic carbocycles. The number of hydrogen-bond donors (Lipinski definition) is 1. The van der Waals surface area contributed by atoms with E-state index in [0.717, 1.165) is 6.07 Å². The summed E-state index contributed by atoms with van der Waals surface area (Å²) in [6.45, 7) is 3.11. The summed E-state index contributed by atoms with van der Waals surface area (Å²) in [5, 5.41) is 19.8. The standard InChI is InChI=1S/C13H15BrN2O5/c1-3-8(2)15(7-12(17)18)13(19)9-4-5-10(14)11(6-9)16(20)21/h4-6,8H,3,7H2,1-2H3,(H,17,18). The van der Waals surface area contributed by atoms with E-state index in [1.54, 1.807) is 6.92 Å². The van der Waals surface area contributed by atoms with E-state index in [1.165, 1.54) is 17.0 Å². The van der Waals surface area contributed by atoms with Crippen LogP contribution in [-0.2, 0) is 4.79 Å². The van der Waals surface area contributed by atoms with Gasteiger partial charge in [0.15, 0.2) is 0 Å². The van der Waals surface area contributed by atoms with Crippen LogP contribution >= 0.6 is 15.9 Å². The van der Waals surface area contributed by atoms with Gasteiger partial charge in [0, 0.05) is 17.7 Å². The number of nitro groups is 1. The lowest BCUT2D eigenvalue weighted by Gasteiger charge is -2.27. The molecule has 0 saturated carbocycles. The van der Waals surface area contributed by atoms with Gasteiger partial charge in [-0.1, -0.05) is 6.92 Å². The van der Waals surface area contributed by atoms with Gasteiger partial charge in [0.25, 0.3) is 11.6 Å². The summed E-state index contributed by atoms with van der Waals surface area (Å²) in [5.74, 6) is -1.67. The molecule has 1 aromatic carbocycles. The molecule has 1 unspecified atom stereocenters. The van der Waals surface area contributed by atoms with Crippen molar-refractivity contribution >= 4 is 33.5 Å². The molecular weight excluding hydrogens is 344 g/mol. The number of nitro benzene ring substituents is 1. The molecule has 0 radical (unpaired) electrons. The molecule has 0 bridgehead atoms. The summed E-state index contributed by atoms with van der Waals surface area (Å²) in [7, 11) is 0. The van der Waals surface area contributed by atoms with Crippen LogP contribution < -0.4 is 0 Å². The van der Waals surface area contributed by atoms with Gasteiger partial charge in [-0.25, -0.2) is 0 Å². The number of nitrogens with zero attached hydrogens (tertiary/aromatic N) is 2. The first-order valence-electron chi connectivity index (χ1n) is 6.24. The number of rotatable bonds is 6. The summed E-state index contributed by atoms with van der Waals surface area (Å²) >= 11 is 3.04. The van der Waals surface area contributed by atoms with Crippen LogP contribution in [0.3, 0.4) is 0 Å². The number of halogens is 1. The third-order valence-electron chi connectivity index (χ3n) is 3.08. The van der Waals surface area contributed by atoms with Crippen molar-refractivity contribution in [3.05, 3.63) is 38.3 Å². The van der Waals surface area contributed by atoms with Crippen LogP contribution in [0.1, 0.15) is 30.6 Å². The van der Waals surface area contributed by atoms with Crippen LogP contribution in [0.25, 0.3) is 0 Å². The number of amides is 1. The molecule has 0 saturated heterocycles. The van der Waals surface area contributed by atoms with Crippen LogP contribution in [0.4, 0.5) is 5.69 Å². The van der Waals surface area contributed by atoms with Gasteiger partial charge in [0.2, 0.25) is 0 Å². The average Bonchev–Trinajstić information content (AvgIpc) is 2.43. The van der Waals surface area contributed by atoms with Crippen LogP contribution in [0.15, 0.2) is 22.7 Å². The Morgan fingerprint density at radius 2 is 2.10 bits per heavy atom. The van der Waals surface area contributed by atoms with E-state index in [0.29, 0.717) is 6.42 Å². The van der Waals surface area contributed by atoms with Crippen molar-refractivity contribution in [2.45, 2.75) is 26.3 Å². The molecule has 114 valence electrons. The maximum atomic E-state index is 12.4. The zero-order valence-corrected chi connectivity index (χ0v) is 13.2. The van der Waals surface area contributed by atoms with Crippen molar-refractivity contribution < 1.29 is 19.6 Å². The fourth-order valence-corrected chi connectivity index (χ4v) is 2.14. The summed E-state index contributed by atoms with van der Waals surface area (Å²) < 4.78 is 0.261. The van der Waals surface area contributed by atoms with E-state index in [9.17, 15) is 19.7 Å². The Morgan fingerprint density at radius 3 is 2.57 bits per heavy atom. The number of benzene rings is 1. The Kier molecular flexibility index (Phi) is 5.83. The van der Waals surface area contributed by atoms with E-state index in [2.05, 4.69) is 15.9 Å². The lowest BCUT2D eigenvalue weighted by molar-refractivity contribution is -0.385. The number of carbonyl (C=O) groups is 2. The van der Waals surface area contributed by atoms with Gasteiger partial charge < -0.3 is 10.0 Å². The van der Waals surface area contributed by atoms with Gasteiger partial charge in [-0.3, -0.25) is 19.7 Å². The van der Waals surface area contributed by atoms with Crippen molar-refractivity contribution in [2.75, 3.05) is 6.54 Å². The van der Waals surface area contributed by atoms with E-state index in [4.69, 9.17) is 5.11 Å². The zero-order chi connectivity index (χ0) is 16.2. The molecule has 0 aromatic heterocycles. The lowest BCUT2D eigenvalue weighted by Crippen LogP contribution is -2.41. The molecule has 7 nitrogen and oxygen atoms in total. The van der Waals surface area contributed by atoms with E-state index in [-0.39, 0.29) is 21.8 Å². The predicted octanol–water partition coefficient (Wildman–Crippen LogP) is 2.68. The maximum Gasteiger partial charge on any atom is 0.323 e. The van der Waals surface area contributed by atoms with Gasteiger partial charge in [-0.05, 0) is 41.4 Å². The number of hydrogen-bond acceptors (Lipinski definition) is 4. The second-order valence-corrected chi connectivity index (χ2v) is 5.36. The number of carbonyl (C=O) groups excluding carboxylic acids is 1. The normalized spacial score (nSPS) is 11.8. The zero-order valence-electron chi connectivity index (χ0n) is 11.6. The van der Waals surface area contributed by atoms with Crippen molar-refractivity contribution in [1.29, 1.82) is 0 Å². The maximum absolute atomic E-state index is 12.4. The molecule has 1 aromatic rings. The summed E-state index contributed by atoms with van der Waals surface area (Å²) in [5.41, 5.74) is -0.147. The van der Waals surface area contributed by atoms with Gasteiger partial charge in [0.05, 0.1) is 9.40 Å². The van der Waals surface area contributed by atoms with Crippen LogP contribution in [0, 0.1) is 10.1 Å². The van der Waals surface area contributed by atoms with Crippen molar-refractivity contribution in [3.63, 3.8) is 0 Å². The van der Waals surface area contributed by atoms with Crippen molar-refractivity contribution in [2.24, 2.45) is 0 Å². The monoisotopic (exact) mass is 358 g/mol. The highest BCUT2D eigenvalue weighted by Crippen LogP contribution is 2.26. The number of aliphatic carboxylic acids is 1. The van der Waals surface area contributed by atoms with Crippen LogP contribution in [-0.4, -0.2) is 39.4 Å². The molecule has 0 fully saturated rings. The summed E-state index contributed by atoms with van der Waals surface area (Å²) in [6, 6.07) is 3.69. The van der Waals surface area contributed by atoms with Crippen molar-refractivity contribution in [1.82, 2.24) is 4.90 Å². The minimum absolute atomic E-state index is 0.0893. The molecular formula is C13H15BrN2O5.